The summed E-state index contributed by atoms with van der Waals surface area (Å²) in [5, 5.41) is 3.47. The Balaban J connectivity index is 2.20. The maximum Gasteiger partial charge on any atom is 0.185 e. The number of aromatic nitrogens is 1. The van der Waals surface area contributed by atoms with E-state index in [0.717, 1.165) is 37.0 Å². The van der Waals surface area contributed by atoms with Crippen LogP contribution < -0.4 is 4.90 Å². The normalized spacial score (nSPS) is 13.4. The molecule has 0 aliphatic heterocycles. The Kier molecular flexibility index (Phi) is 11.5. The molecule has 168 valence electrons. The largest absolute Gasteiger partial charge is 0.348 e. The van der Waals surface area contributed by atoms with Gasteiger partial charge in [-0.05, 0) is 36.7 Å². The Bertz CT molecular complexity index is 673. The highest BCUT2D eigenvalue weighted by atomic mass is 32.1. The number of hydrogen-bond donors (Lipinski definition) is 0. The van der Waals surface area contributed by atoms with Crippen molar-refractivity contribution in [3.05, 3.63) is 35.2 Å². The first kappa shape index (κ1) is 24.9. The molecule has 0 bridgehead atoms. The van der Waals surface area contributed by atoms with Gasteiger partial charge in [0.1, 0.15) is 0 Å². The molecule has 2 unspecified atom stereocenters. The number of thiazole rings is 1. The average Bonchev–Trinajstić information content (AvgIpc) is 3.28. The summed E-state index contributed by atoms with van der Waals surface area (Å²) in [4.78, 5) is 7.74. The van der Waals surface area contributed by atoms with Gasteiger partial charge < -0.3 is 4.90 Å². The molecule has 0 aliphatic rings. The van der Waals surface area contributed by atoms with E-state index in [1.807, 2.05) is 11.3 Å². The minimum Gasteiger partial charge on any atom is -0.348 e. The summed E-state index contributed by atoms with van der Waals surface area (Å²) in [7, 11) is 0. The van der Waals surface area contributed by atoms with Crippen molar-refractivity contribution in [2.45, 2.75) is 92.4 Å². The first-order valence-corrected chi connectivity index (χ1v) is 13.3. The number of rotatable bonds is 15. The molecule has 0 saturated carbocycles. The topological polar surface area (TPSA) is 16.1 Å². The molecular formula is C27H44N2S. The summed E-state index contributed by atoms with van der Waals surface area (Å²) < 4.78 is 0. The lowest BCUT2D eigenvalue weighted by Gasteiger charge is -2.30. The fourth-order valence-electron chi connectivity index (χ4n) is 4.14. The minimum absolute atomic E-state index is 0.768. The van der Waals surface area contributed by atoms with Crippen LogP contribution in [0.4, 0.5) is 5.13 Å². The molecule has 1 aromatic carbocycles. The lowest BCUT2D eigenvalue weighted by atomic mass is 9.96. The highest BCUT2D eigenvalue weighted by Gasteiger charge is 2.20. The van der Waals surface area contributed by atoms with Crippen molar-refractivity contribution in [2.24, 2.45) is 11.8 Å². The van der Waals surface area contributed by atoms with Crippen molar-refractivity contribution in [3.63, 3.8) is 0 Å². The van der Waals surface area contributed by atoms with E-state index in [-0.39, 0.29) is 0 Å². The summed E-state index contributed by atoms with van der Waals surface area (Å²) in [6.45, 7) is 13.8. The molecule has 1 heterocycles. The van der Waals surface area contributed by atoms with E-state index < -0.39 is 0 Å². The number of unbranched alkanes of at least 4 members (excludes halogenated alkanes) is 2. The Labute approximate surface area is 190 Å². The van der Waals surface area contributed by atoms with Crippen LogP contribution in [0.1, 0.15) is 91.5 Å². The fraction of sp³-hybridized carbons (Fsp3) is 0.667. The maximum atomic E-state index is 5.12. The van der Waals surface area contributed by atoms with Gasteiger partial charge in [0.2, 0.25) is 0 Å². The van der Waals surface area contributed by atoms with Gasteiger partial charge in [0.05, 0.1) is 5.69 Å². The summed E-state index contributed by atoms with van der Waals surface area (Å²) in [6, 6.07) is 8.94. The van der Waals surface area contributed by atoms with E-state index in [2.05, 4.69) is 69.2 Å². The van der Waals surface area contributed by atoms with E-state index in [1.54, 1.807) is 0 Å². The predicted octanol–water partition coefficient (Wildman–Crippen LogP) is 8.61. The Morgan fingerprint density at radius 3 is 1.87 bits per heavy atom. The van der Waals surface area contributed by atoms with Gasteiger partial charge in [0, 0.05) is 24.0 Å². The monoisotopic (exact) mass is 428 g/mol. The molecule has 0 saturated heterocycles. The van der Waals surface area contributed by atoms with Crippen LogP contribution in [0.2, 0.25) is 0 Å². The third-order valence-corrected chi connectivity index (χ3v) is 7.37. The number of anilines is 1. The Morgan fingerprint density at radius 2 is 1.40 bits per heavy atom. The second-order valence-corrected chi connectivity index (χ2v) is 9.64. The molecule has 2 aromatic rings. The zero-order valence-corrected chi connectivity index (χ0v) is 20.9. The molecule has 3 heteroatoms. The van der Waals surface area contributed by atoms with Crippen molar-refractivity contribution in [3.8, 4) is 11.3 Å². The van der Waals surface area contributed by atoms with Crippen molar-refractivity contribution >= 4 is 16.5 Å². The molecule has 0 amide bonds. The zero-order valence-electron chi connectivity index (χ0n) is 20.1. The fourth-order valence-corrected chi connectivity index (χ4v) is 5.00. The van der Waals surface area contributed by atoms with E-state index in [4.69, 9.17) is 4.98 Å². The standard InChI is InChI=1S/C27H44N2S/c1-6-11-13-23(9-4)19-29(20-24(10-5)14-12-7-2)27-28-26(21-30-27)25-17-15-22(8-3)16-18-25/h15-18,21,23-24H,6-14,19-20H2,1-5H3. The summed E-state index contributed by atoms with van der Waals surface area (Å²) >= 11 is 1.83. The number of benzene rings is 1. The number of aryl methyl sites for hydroxylation is 1. The van der Waals surface area contributed by atoms with Gasteiger partial charge in [-0.3, -0.25) is 0 Å². The van der Waals surface area contributed by atoms with Crippen LogP contribution in [0, 0.1) is 11.8 Å². The minimum atomic E-state index is 0.768. The summed E-state index contributed by atoms with van der Waals surface area (Å²) in [6.07, 6.45) is 11.6. The number of hydrogen-bond acceptors (Lipinski definition) is 3. The molecule has 0 fully saturated rings. The first-order chi connectivity index (χ1) is 14.6. The molecule has 30 heavy (non-hydrogen) atoms. The SMILES string of the molecule is CCCCC(CC)CN(CC(CC)CCCC)c1nc(-c2ccc(CC)cc2)cs1. The van der Waals surface area contributed by atoms with Gasteiger partial charge in [-0.15, -0.1) is 11.3 Å². The van der Waals surface area contributed by atoms with Crippen LogP contribution in [-0.2, 0) is 6.42 Å². The predicted molar refractivity (Wildman–Crippen MR) is 136 cm³/mol. The van der Waals surface area contributed by atoms with Crippen LogP contribution in [0.3, 0.4) is 0 Å². The van der Waals surface area contributed by atoms with Gasteiger partial charge in [-0.1, -0.05) is 97.4 Å². The third-order valence-electron chi connectivity index (χ3n) is 6.46. The maximum absolute atomic E-state index is 5.12. The van der Waals surface area contributed by atoms with Crippen LogP contribution in [0.15, 0.2) is 29.6 Å². The molecule has 0 aliphatic carbocycles. The van der Waals surface area contributed by atoms with Crippen LogP contribution in [0.25, 0.3) is 11.3 Å². The van der Waals surface area contributed by atoms with Crippen molar-refractivity contribution in [2.75, 3.05) is 18.0 Å². The second-order valence-electron chi connectivity index (χ2n) is 8.80. The Morgan fingerprint density at radius 1 is 0.833 bits per heavy atom. The van der Waals surface area contributed by atoms with Crippen LogP contribution >= 0.6 is 11.3 Å². The Hall–Kier alpha value is -1.35. The lowest BCUT2D eigenvalue weighted by molar-refractivity contribution is 0.403. The van der Waals surface area contributed by atoms with Gasteiger partial charge in [-0.2, -0.15) is 0 Å². The molecule has 1 aromatic heterocycles. The van der Waals surface area contributed by atoms with Crippen molar-refractivity contribution in [1.29, 1.82) is 0 Å². The van der Waals surface area contributed by atoms with Gasteiger partial charge in [-0.25, -0.2) is 4.98 Å². The highest BCUT2D eigenvalue weighted by molar-refractivity contribution is 7.14. The second kappa shape index (κ2) is 13.9. The molecule has 2 atom stereocenters. The molecule has 2 rings (SSSR count). The summed E-state index contributed by atoms with van der Waals surface area (Å²) in [5.74, 6) is 1.54. The van der Waals surface area contributed by atoms with E-state index in [1.165, 1.54) is 67.6 Å². The zero-order chi connectivity index (χ0) is 21.8. The van der Waals surface area contributed by atoms with E-state index in [9.17, 15) is 0 Å². The summed E-state index contributed by atoms with van der Waals surface area (Å²) in [5.41, 5.74) is 3.76. The average molecular weight is 429 g/mol. The smallest absolute Gasteiger partial charge is 0.185 e. The lowest BCUT2D eigenvalue weighted by Crippen LogP contribution is -2.34. The van der Waals surface area contributed by atoms with Crippen LogP contribution in [0.5, 0.6) is 0 Å². The third kappa shape index (κ3) is 7.72. The van der Waals surface area contributed by atoms with Gasteiger partial charge >= 0.3 is 0 Å². The molecule has 2 nitrogen and oxygen atoms in total. The molecule has 0 radical (unpaired) electrons. The van der Waals surface area contributed by atoms with Crippen molar-refractivity contribution in [1.82, 2.24) is 4.98 Å². The molecular weight excluding hydrogens is 384 g/mol. The van der Waals surface area contributed by atoms with Gasteiger partial charge in [0.25, 0.3) is 0 Å². The van der Waals surface area contributed by atoms with Crippen molar-refractivity contribution < 1.29 is 0 Å². The van der Waals surface area contributed by atoms with Gasteiger partial charge in [0.15, 0.2) is 5.13 Å². The van der Waals surface area contributed by atoms with E-state index in [0.29, 0.717) is 0 Å². The molecule has 0 spiro atoms. The number of nitrogens with zero attached hydrogens (tertiary/aromatic N) is 2. The first-order valence-electron chi connectivity index (χ1n) is 12.4. The highest BCUT2D eigenvalue weighted by Crippen LogP contribution is 2.30. The van der Waals surface area contributed by atoms with Crippen LogP contribution in [-0.4, -0.2) is 18.1 Å². The molecule has 0 N–H and O–H groups in total. The quantitative estimate of drug-likeness (QED) is 0.282. The van der Waals surface area contributed by atoms with E-state index >= 15 is 0 Å².